The van der Waals surface area contributed by atoms with Crippen molar-refractivity contribution in [1.29, 1.82) is 0 Å². The minimum absolute atomic E-state index is 0.552. The molecule has 0 N–H and O–H groups in total. The first-order chi connectivity index (χ1) is 8.20. The van der Waals surface area contributed by atoms with Gasteiger partial charge >= 0.3 is 0 Å². The maximum absolute atomic E-state index is 6.15. The third-order valence-electron chi connectivity index (χ3n) is 2.00. The lowest BCUT2D eigenvalue weighted by Crippen LogP contribution is -1.95. The van der Waals surface area contributed by atoms with Crippen LogP contribution in [0.1, 0.15) is 5.56 Å². The molecule has 1 aromatic carbocycles. The smallest absolute Gasteiger partial charge is 0.152 e. The van der Waals surface area contributed by atoms with E-state index in [4.69, 9.17) is 25.3 Å². The summed E-state index contributed by atoms with van der Waals surface area (Å²) in [5.74, 6) is 0.694. The molecule has 1 aromatic rings. The number of methoxy groups -OCH3 is 2. The molecule has 0 spiro atoms. The maximum Gasteiger partial charge on any atom is 0.152 e. The Hall–Kier alpha value is -0.0700. The Kier molecular flexibility index (Phi) is 7.15. The zero-order valence-electron chi connectivity index (χ0n) is 9.99. The fourth-order valence-corrected chi connectivity index (χ4v) is 3.01. The summed E-state index contributed by atoms with van der Waals surface area (Å²) in [5.41, 5.74) is 0.998. The Balaban J connectivity index is 2.56. The van der Waals surface area contributed by atoms with Gasteiger partial charge in [-0.3, -0.25) is 0 Å². The normalized spacial score (nSPS) is 10.6. The molecule has 0 saturated carbocycles. The molecule has 0 saturated heterocycles. The fourth-order valence-electron chi connectivity index (χ4n) is 1.10. The van der Waals surface area contributed by atoms with Gasteiger partial charge in [-0.15, -0.1) is 0 Å². The molecule has 0 fully saturated rings. The Morgan fingerprint density at radius 2 is 2.00 bits per heavy atom. The number of halogens is 1. The molecule has 0 aliphatic heterocycles. The van der Waals surface area contributed by atoms with Gasteiger partial charge in [0.15, 0.2) is 5.75 Å². The average molecular weight is 295 g/mol. The number of aryl methyl sites for hydroxylation is 1. The van der Waals surface area contributed by atoms with Crippen LogP contribution in [-0.4, -0.2) is 27.4 Å². The highest BCUT2D eigenvalue weighted by atomic mass is 35.5. The van der Waals surface area contributed by atoms with Crippen LogP contribution in [0.2, 0.25) is 5.02 Å². The van der Waals surface area contributed by atoms with Gasteiger partial charge in [-0.1, -0.05) is 17.7 Å². The third-order valence-corrected chi connectivity index (χ3v) is 4.33. The van der Waals surface area contributed by atoms with Crippen molar-refractivity contribution in [2.75, 3.05) is 27.4 Å². The Bertz CT molecular complexity index is 361. The summed E-state index contributed by atoms with van der Waals surface area (Å²) in [6.45, 7) is 3.08. The van der Waals surface area contributed by atoms with E-state index in [0.717, 1.165) is 10.5 Å². The first kappa shape index (κ1) is 15.0. The second-order valence-corrected chi connectivity index (χ2v) is 5.46. The topological polar surface area (TPSA) is 27.7 Å². The molecule has 0 amide bonds. The van der Waals surface area contributed by atoms with E-state index in [1.165, 1.54) is 21.9 Å². The molecule has 6 heteroatoms. The first-order valence-corrected chi connectivity index (χ1v) is 7.44. The Morgan fingerprint density at radius 1 is 1.24 bits per heavy atom. The molecule has 0 radical (unpaired) electrons. The molecule has 0 heterocycles. The van der Waals surface area contributed by atoms with Gasteiger partial charge in [0.1, 0.15) is 0 Å². The molecule has 0 aromatic heterocycles. The summed E-state index contributed by atoms with van der Waals surface area (Å²) >= 11 is 7.44. The van der Waals surface area contributed by atoms with Crippen molar-refractivity contribution in [3.8, 4) is 5.75 Å². The van der Waals surface area contributed by atoms with Crippen LogP contribution in [-0.2, 0) is 8.92 Å². The highest BCUT2D eigenvalue weighted by molar-refractivity contribution is 8.74. The molecule has 17 heavy (non-hydrogen) atoms. The van der Waals surface area contributed by atoms with Gasteiger partial charge in [0, 0.05) is 7.11 Å². The summed E-state index contributed by atoms with van der Waals surface area (Å²) in [5, 5.41) is 0.648. The summed E-state index contributed by atoms with van der Waals surface area (Å²) in [7, 11) is 4.73. The predicted molar refractivity (Wildman–Crippen MR) is 74.0 cm³/mol. The van der Waals surface area contributed by atoms with E-state index in [0.29, 0.717) is 24.0 Å². The van der Waals surface area contributed by atoms with Gasteiger partial charge in [0.05, 0.1) is 41.3 Å². The number of hydrogen-bond acceptors (Lipinski definition) is 5. The summed E-state index contributed by atoms with van der Waals surface area (Å²) < 4.78 is 15.5. The van der Waals surface area contributed by atoms with Crippen LogP contribution in [0.3, 0.4) is 0 Å². The van der Waals surface area contributed by atoms with Crippen LogP contribution >= 0.6 is 33.5 Å². The summed E-state index contributed by atoms with van der Waals surface area (Å²) in [6, 6.07) is 3.93. The van der Waals surface area contributed by atoms with Crippen molar-refractivity contribution in [3.63, 3.8) is 0 Å². The number of hydrogen-bond donors (Lipinski definition) is 0. The molecule has 0 unspecified atom stereocenters. The van der Waals surface area contributed by atoms with Crippen LogP contribution in [0.4, 0.5) is 0 Å². The second-order valence-electron chi connectivity index (χ2n) is 3.19. The SMILES string of the molecule is COCCOSSc1ccc(C)c(Cl)c1OC. The highest BCUT2D eigenvalue weighted by Crippen LogP contribution is 2.42. The van der Waals surface area contributed by atoms with E-state index in [1.807, 2.05) is 19.1 Å². The van der Waals surface area contributed by atoms with Gasteiger partial charge in [-0.05, 0) is 29.3 Å². The molecule has 0 aliphatic carbocycles. The molecule has 0 atom stereocenters. The molecule has 0 bridgehead atoms. The number of benzene rings is 1. The minimum Gasteiger partial charge on any atom is -0.494 e. The highest BCUT2D eigenvalue weighted by Gasteiger charge is 2.11. The van der Waals surface area contributed by atoms with Crippen molar-refractivity contribution < 1.29 is 13.7 Å². The van der Waals surface area contributed by atoms with E-state index < -0.39 is 0 Å². The number of ether oxygens (including phenoxy) is 2. The van der Waals surface area contributed by atoms with Crippen LogP contribution in [0.5, 0.6) is 5.75 Å². The monoisotopic (exact) mass is 294 g/mol. The minimum atomic E-state index is 0.552. The van der Waals surface area contributed by atoms with E-state index in [1.54, 1.807) is 14.2 Å². The van der Waals surface area contributed by atoms with E-state index in [9.17, 15) is 0 Å². The molecule has 0 aliphatic rings. The van der Waals surface area contributed by atoms with Gasteiger partial charge in [0.2, 0.25) is 0 Å². The molecular weight excluding hydrogens is 280 g/mol. The fraction of sp³-hybridized carbons (Fsp3) is 0.455. The van der Waals surface area contributed by atoms with Crippen molar-refractivity contribution in [2.45, 2.75) is 11.8 Å². The zero-order valence-corrected chi connectivity index (χ0v) is 12.4. The van der Waals surface area contributed by atoms with Crippen LogP contribution in [0.15, 0.2) is 17.0 Å². The van der Waals surface area contributed by atoms with Crippen molar-refractivity contribution >= 4 is 33.5 Å². The standard InChI is InChI=1S/C11H15ClO3S2/c1-8-4-5-9(11(14-3)10(8)12)16-17-15-7-6-13-2/h4-5H,6-7H2,1-3H3. The van der Waals surface area contributed by atoms with Crippen molar-refractivity contribution in [2.24, 2.45) is 0 Å². The van der Waals surface area contributed by atoms with Crippen LogP contribution in [0.25, 0.3) is 0 Å². The lowest BCUT2D eigenvalue weighted by atomic mass is 10.2. The lowest BCUT2D eigenvalue weighted by Gasteiger charge is -2.10. The summed E-state index contributed by atoms with van der Waals surface area (Å²) in [4.78, 5) is 0.950. The van der Waals surface area contributed by atoms with Crippen LogP contribution in [0, 0.1) is 6.92 Å². The molecular formula is C11H15ClO3S2. The van der Waals surface area contributed by atoms with Crippen LogP contribution < -0.4 is 4.74 Å². The van der Waals surface area contributed by atoms with E-state index >= 15 is 0 Å². The van der Waals surface area contributed by atoms with Gasteiger partial charge in [0.25, 0.3) is 0 Å². The summed E-state index contributed by atoms with van der Waals surface area (Å²) in [6.07, 6.45) is 0. The molecule has 1 rings (SSSR count). The average Bonchev–Trinajstić information content (AvgIpc) is 2.33. The van der Waals surface area contributed by atoms with Crippen molar-refractivity contribution in [1.82, 2.24) is 0 Å². The van der Waals surface area contributed by atoms with Gasteiger partial charge in [-0.2, -0.15) is 0 Å². The van der Waals surface area contributed by atoms with Gasteiger partial charge < -0.3 is 13.7 Å². The zero-order chi connectivity index (χ0) is 12.7. The second kappa shape index (κ2) is 8.11. The largest absolute Gasteiger partial charge is 0.494 e. The maximum atomic E-state index is 6.15. The first-order valence-electron chi connectivity index (χ1n) is 4.99. The van der Waals surface area contributed by atoms with E-state index in [2.05, 4.69) is 0 Å². The molecule has 3 nitrogen and oxygen atoms in total. The quantitative estimate of drug-likeness (QED) is 0.431. The van der Waals surface area contributed by atoms with Gasteiger partial charge in [-0.25, -0.2) is 0 Å². The third kappa shape index (κ3) is 4.60. The van der Waals surface area contributed by atoms with E-state index in [-0.39, 0.29) is 0 Å². The lowest BCUT2D eigenvalue weighted by molar-refractivity contribution is 0.158. The number of rotatable bonds is 7. The van der Waals surface area contributed by atoms with Crippen molar-refractivity contribution in [3.05, 3.63) is 22.7 Å². The Labute approximate surface area is 115 Å². The Morgan fingerprint density at radius 3 is 2.65 bits per heavy atom. The molecule has 96 valence electrons. The predicted octanol–water partition coefficient (Wildman–Crippen LogP) is 3.98.